The van der Waals surface area contributed by atoms with E-state index < -0.39 is 0 Å². The molecule has 0 aliphatic heterocycles. The molecule has 6 aromatic carbocycles. The van der Waals surface area contributed by atoms with Gasteiger partial charge < -0.3 is 21.4 Å². The van der Waals surface area contributed by atoms with Crippen LogP contribution in [0.15, 0.2) is 142 Å². The predicted octanol–water partition coefficient (Wildman–Crippen LogP) is 3.63. The number of benzene rings is 6. The van der Waals surface area contributed by atoms with Crippen molar-refractivity contribution in [2.75, 3.05) is 0 Å². The van der Waals surface area contributed by atoms with E-state index >= 15 is 0 Å². The third-order valence-corrected chi connectivity index (χ3v) is 7.93. The SMILES string of the molecule is BrCc1ccccc1.Brc1cccc2ccc(OCc3ccccc3)cc12.O=CO[O-].Oc1ccc2cccc(Br)c2c1.[H-].[K+].[K+]. The van der Waals surface area contributed by atoms with E-state index in [0.29, 0.717) is 12.4 Å². The molecule has 222 valence electrons. The Balaban J connectivity index is 0.000000649. The average Bonchev–Trinajstić information content (AvgIpc) is 3.06. The van der Waals surface area contributed by atoms with Gasteiger partial charge in [-0.25, -0.2) is 0 Å². The first-order chi connectivity index (χ1) is 20.9. The first-order valence-electron chi connectivity index (χ1n) is 13.0. The zero-order valence-corrected chi connectivity index (χ0v) is 35.9. The van der Waals surface area contributed by atoms with Gasteiger partial charge in [-0.1, -0.05) is 145 Å². The second kappa shape index (κ2) is 24.7. The van der Waals surface area contributed by atoms with Gasteiger partial charge in [0, 0.05) is 14.3 Å². The van der Waals surface area contributed by atoms with Crippen molar-refractivity contribution in [2.45, 2.75) is 11.9 Å². The van der Waals surface area contributed by atoms with Gasteiger partial charge in [-0.05, 0) is 69.1 Å². The van der Waals surface area contributed by atoms with E-state index in [1.165, 1.54) is 21.9 Å². The molecule has 0 saturated heterocycles. The van der Waals surface area contributed by atoms with Crippen molar-refractivity contribution < 1.29 is 129 Å². The Morgan fingerprint density at radius 3 is 1.64 bits per heavy atom. The van der Waals surface area contributed by atoms with Crippen molar-refractivity contribution in [1.29, 1.82) is 0 Å². The first kappa shape index (κ1) is 42.6. The fourth-order valence-corrected chi connectivity index (χ4v) is 5.20. The summed E-state index contributed by atoms with van der Waals surface area (Å²) in [5.41, 5.74) is 2.50. The molecule has 0 bridgehead atoms. The summed E-state index contributed by atoms with van der Waals surface area (Å²) in [6.45, 7) is 0.413. The van der Waals surface area contributed by atoms with E-state index in [0.717, 1.165) is 30.8 Å². The zero-order valence-electron chi connectivity index (χ0n) is 25.9. The molecule has 0 saturated carbocycles. The maximum atomic E-state index is 9.23. The second-order valence-corrected chi connectivity index (χ2v) is 11.1. The summed E-state index contributed by atoms with van der Waals surface area (Å²) in [5.74, 6) is 1.19. The number of hydrogen-bond donors (Lipinski definition) is 1. The molecule has 0 unspecified atom stereocenters. The maximum Gasteiger partial charge on any atom is 1.00 e. The van der Waals surface area contributed by atoms with Crippen LogP contribution in [0.25, 0.3) is 21.5 Å². The molecule has 10 heteroatoms. The average molecular weight is 848 g/mol. The standard InChI is InChI=1S/C17H13BrO.C10H7BrO.C7H7Br.CH2O3.2K.H/c18-17-8-4-7-14-9-10-15(11-16(14)17)19-12-13-5-2-1-3-6-13;11-10-3-1-2-7-4-5-8(12)6-9(7)10;8-6-7-4-2-1-3-5-7;2-1-4-3;;;/h1-11H,12H2;1-6,12H;1-5H,6H2;1,3H;;;/q;;;;2*+1;-1/p-1. The number of halogens is 3. The number of fused-ring (bicyclic) bond motifs is 2. The largest absolute Gasteiger partial charge is 1.00 e. The van der Waals surface area contributed by atoms with Gasteiger partial charge in [0.1, 0.15) is 18.1 Å². The zero-order chi connectivity index (χ0) is 30.9. The molecule has 0 fully saturated rings. The number of phenols is 1. The van der Waals surface area contributed by atoms with E-state index in [1.54, 1.807) is 12.1 Å². The normalized spacial score (nSPS) is 9.33. The number of aromatic hydroxyl groups is 1. The van der Waals surface area contributed by atoms with E-state index in [9.17, 15) is 5.11 Å². The number of carbonyl (C=O) groups excluding carboxylic acids is 1. The van der Waals surface area contributed by atoms with Gasteiger partial charge in [0.05, 0.1) is 0 Å². The van der Waals surface area contributed by atoms with Gasteiger partial charge in [-0.15, -0.1) is 0 Å². The van der Waals surface area contributed by atoms with Crippen molar-refractivity contribution in [3.8, 4) is 11.5 Å². The Bertz CT molecular complexity index is 1720. The van der Waals surface area contributed by atoms with Crippen LogP contribution in [0.1, 0.15) is 12.6 Å². The number of hydrogen-bond acceptors (Lipinski definition) is 5. The van der Waals surface area contributed by atoms with Crippen LogP contribution in [0.4, 0.5) is 0 Å². The van der Waals surface area contributed by atoms with Gasteiger partial charge in [-0.2, -0.15) is 0 Å². The van der Waals surface area contributed by atoms with Crippen LogP contribution >= 0.6 is 47.8 Å². The molecule has 0 aliphatic carbocycles. The number of rotatable bonds is 5. The molecule has 0 radical (unpaired) electrons. The predicted molar refractivity (Wildman–Crippen MR) is 183 cm³/mol. The van der Waals surface area contributed by atoms with E-state index in [1.807, 2.05) is 78.9 Å². The molecule has 1 N–H and O–H groups in total. The van der Waals surface area contributed by atoms with Crippen LogP contribution in [-0.2, 0) is 21.6 Å². The Kier molecular flexibility index (Phi) is 23.4. The van der Waals surface area contributed by atoms with E-state index in [4.69, 9.17) is 14.8 Å². The summed E-state index contributed by atoms with van der Waals surface area (Å²) in [5, 5.41) is 23.2. The molecular weight excluding hydrogens is 818 g/mol. The van der Waals surface area contributed by atoms with Crippen LogP contribution in [0.3, 0.4) is 0 Å². The van der Waals surface area contributed by atoms with Crippen molar-refractivity contribution in [3.63, 3.8) is 0 Å². The molecule has 0 atom stereocenters. The number of alkyl halides is 1. The summed E-state index contributed by atoms with van der Waals surface area (Å²) < 4.78 is 7.94. The molecule has 45 heavy (non-hydrogen) atoms. The van der Waals surface area contributed by atoms with Crippen LogP contribution in [0, 0.1) is 0 Å². The molecule has 6 aromatic rings. The molecular formula is C35H29Br3K2O5. The number of phenolic OH excluding ortho intramolecular Hbond substituents is 1. The quantitative estimate of drug-likeness (QED) is 0.0945. The molecule has 0 heterocycles. The monoisotopic (exact) mass is 844 g/mol. The minimum atomic E-state index is -0.181. The maximum absolute atomic E-state index is 9.23. The molecule has 0 amide bonds. The summed E-state index contributed by atoms with van der Waals surface area (Å²) >= 11 is 10.3. The van der Waals surface area contributed by atoms with Gasteiger partial charge in [0.15, 0.2) is 0 Å². The second-order valence-electron chi connectivity index (χ2n) is 8.85. The van der Waals surface area contributed by atoms with Crippen LogP contribution in [0.2, 0.25) is 0 Å². The molecule has 6 rings (SSSR count). The molecule has 0 spiro atoms. The summed E-state index contributed by atoms with van der Waals surface area (Å²) in [4.78, 5) is 11.2. The van der Waals surface area contributed by atoms with E-state index in [-0.39, 0.29) is 111 Å². The molecule has 0 aliphatic rings. The number of ether oxygens (including phenoxy) is 1. The Labute approximate surface area is 375 Å². The van der Waals surface area contributed by atoms with Gasteiger partial charge in [0.2, 0.25) is 0 Å². The van der Waals surface area contributed by atoms with Crippen molar-refractivity contribution >= 4 is 75.8 Å². The van der Waals surface area contributed by atoms with Crippen molar-refractivity contribution in [3.05, 3.63) is 154 Å². The third-order valence-electron chi connectivity index (χ3n) is 5.90. The number of carbonyl (C=O) groups is 1. The summed E-state index contributed by atoms with van der Waals surface area (Å²) in [6, 6.07) is 44.1. The Morgan fingerprint density at radius 1 is 0.667 bits per heavy atom. The third kappa shape index (κ3) is 15.6. The Morgan fingerprint density at radius 2 is 1.16 bits per heavy atom. The van der Waals surface area contributed by atoms with Crippen LogP contribution in [0.5, 0.6) is 11.5 Å². The topological polar surface area (TPSA) is 78.8 Å². The van der Waals surface area contributed by atoms with Crippen molar-refractivity contribution in [1.82, 2.24) is 0 Å². The summed E-state index contributed by atoms with van der Waals surface area (Å²) in [7, 11) is 0. The Hall–Kier alpha value is -0.417. The summed E-state index contributed by atoms with van der Waals surface area (Å²) in [6.07, 6.45) is 0. The fourth-order valence-electron chi connectivity index (χ4n) is 3.83. The van der Waals surface area contributed by atoms with Crippen molar-refractivity contribution in [2.24, 2.45) is 0 Å². The molecule has 0 aromatic heterocycles. The first-order valence-corrected chi connectivity index (χ1v) is 15.7. The van der Waals surface area contributed by atoms with Gasteiger partial charge in [0.25, 0.3) is 6.47 Å². The minimum Gasteiger partial charge on any atom is -1.00 e. The van der Waals surface area contributed by atoms with Crippen LogP contribution in [-0.4, -0.2) is 11.6 Å². The van der Waals surface area contributed by atoms with Gasteiger partial charge in [-0.3, -0.25) is 4.79 Å². The van der Waals surface area contributed by atoms with E-state index in [2.05, 4.69) is 95.1 Å². The smallest absolute Gasteiger partial charge is 1.00 e. The molecule has 5 nitrogen and oxygen atoms in total. The minimum absolute atomic E-state index is 0. The van der Waals surface area contributed by atoms with Crippen LogP contribution < -0.4 is 113 Å². The fraction of sp³-hybridized carbons (Fsp3) is 0.0571. The van der Waals surface area contributed by atoms with Gasteiger partial charge >= 0.3 is 103 Å².